The highest BCUT2D eigenvalue weighted by Crippen LogP contribution is 2.35. The van der Waals surface area contributed by atoms with Crippen LogP contribution in [0.3, 0.4) is 0 Å². The first-order valence-corrected chi connectivity index (χ1v) is 10.5. The smallest absolute Gasteiger partial charge is 0.319 e. The first kappa shape index (κ1) is 21.5. The van der Waals surface area contributed by atoms with E-state index in [4.69, 9.17) is 25.8 Å². The molecule has 0 saturated carbocycles. The highest BCUT2D eigenvalue weighted by Gasteiger charge is 2.26. The normalized spacial score (nSPS) is 16.1. The predicted molar refractivity (Wildman–Crippen MR) is 117 cm³/mol. The van der Waals surface area contributed by atoms with Crippen molar-refractivity contribution in [2.45, 2.75) is 19.4 Å². The van der Waals surface area contributed by atoms with E-state index in [9.17, 15) is 9.18 Å². The molecule has 166 valence electrons. The Morgan fingerprint density at radius 1 is 1.06 bits per heavy atom. The van der Waals surface area contributed by atoms with Crippen molar-refractivity contribution < 1.29 is 23.4 Å². The predicted octanol–water partition coefficient (Wildman–Crippen LogP) is 4.14. The molecule has 0 aromatic heterocycles. The first-order chi connectivity index (χ1) is 14.8. The van der Waals surface area contributed by atoms with E-state index in [0.717, 1.165) is 5.56 Å². The topological polar surface area (TPSA) is 72.1 Å². The van der Waals surface area contributed by atoms with E-state index in [0.29, 0.717) is 62.4 Å². The van der Waals surface area contributed by atoms with Crippen molar-refractivity contribution in [3.05, 3.63) is 46.7 Å². The second-order valence-corrected chi connectivity index (χ2v) is 8.35. The molecule has 2 N–H and O–H groups in total. The van der Waals surface area contributed by atoms with E-state index in [1.165, 1.54) is 12.1 Å². The molecule has 1 fully saturated rings. The number of nitrogens with one attached hydrogen (secondary N) is 2. The van der Waals surface area contributed by atoms with Gasteiger partial charge < -0.3 is 29.7 Å². The monoisotopic (exact) mass is 449 g/mol. The van der Waals surface area contributed by atoms with Crippen LogP contribution in [-0.2, 0) is 10.3 Å². The Morgan fingerprint density at radius 3 is 2.52 bits per heavy atom. The fraction of sp³-hybridized carbons (Fsp3) is 0.409. The number of urea groups is 1. The number of halogens is 2. The lowest BCUT2D eigenvalue weighted by atomic mass is 9.94. The number of anilines is 2. The van der Waals surface area contributed by atoms with Gasteiger partial charge in [0.25, 0.3) is 0 Å². The number of fused-ring (bicyclic) bond motifs is 1. The van der Waals surface area contributed by atoms with Gasteiger partial charge in [-0.1, -0.05) is 17.7 Å². The number of nitrogens with zero attached hydrogens (tertiary/aromatic N) is 1. The fourth-order valence-electron chi connectivity index (χ4n) is 3.64. The van der Waals surface area contributed by atoms with Gasteiger partial charge in [0.2, 0.25) is 0 Å². The van der Waals surface area contributed by atoms with Crippen molar-refractivity contribution in [2.75, 3.05) is 49.7 Å². The molecule has 0 aliphatic carbocycles. The number of carbonyl (C=O) groups is 1. The molecule has 2 aromatic carbocycles. The molecule has 0 atom stereocenters. The molecule has 0 radical (unpaired) electrons. The molecular weight excluding hydrogens is 425 g/mol. The summed E-state index contributed by atoms with van der Waals surface area (Å²) in [5.74, 6) is 0.732. The number of amides is 2. The maximum absolute atomic E-state index is 14.2. The number of hydrogen-bond acceptors (Lipinski definition) is 5. The summed E-state index contributed by atoms with van der Waals surface area (Å²) in [4.78, 5) is 14.9. The lowest BCUT2D eigenvalue weighted by Gasteiger charge is -2.32. The summed E-state index contributed by atoms with van der Waals surface area (Å²) in [5, 5.41) is 5.73. The third-order valence-corrected chi connectivity index (χ3v) is 5.62. The van der Waals surface area contributed by atoms with E-state index < -0.39 is 17.4 Å². The largest absolute Gasteiger partial charge is 0.486 e. The standard InChI is InChI=1S/C22H25ClFN3O4/c1-22(2,14-3-4-19-20(11-14)31-10-9-30-19)26-21(28)25-17-13-16(24)15(23)12-18(17)27-5-7-29-8-6-27/h3-4,11-13H,5-10H2,1-2H3,(H2,25,26,28). The number of ether oxygens (including phenoxy) is 3. The molecule has 7 nitrogen and oxygen atoms in total. The van der Waals surface area contributed by atoms with Crippen LogP contribution in [0.5, 0.6) is 11.5 Å². The van der Waals surface area contributed by atoms with Gasteiger partial charge in [0.05, 0.1) is 35.2 Å². The van der Waals surface area contributed by atoms with E-state index in [1.807, 2.05) is 36.9 Å². The molecule has 2 heterocycles. The summed E-state index contributed by atoms with van der Waals surface area (Å²) in [6.45, 7) is 7.11. The van der Waals surface area contributed by atoms with E-state index in [-0.39, 0.29) is 5.02 Å². The molecule has 0 spiro atoms. The number of carbonyl (C=O) groups excluding carboxylic acids is 1. The molecule has 2 amide bonds. The third-order valence-electron chi connectivity index (χ3n) is 5.33. The molecule has 1 saturated heterocycles. The van der Waals surface area contributed by atoms with Gasteiger partial charge in [-0.3, -0.25) is 0 Å². The number of rotatable bonds is 4. The molecule has 9 heteroatoms. The van der Waals surface area contributed by atoms with Gasteiger partial charge in [-0.2, -0.15) is 0 Å². The number of morpholine rings is 1. The third kappa shape index (κ3) is 4.80. The molecule has 2 aliphatic heterocycles. The zero-order chi connectivity index (χ0) is 22.0. The average Bonchev–Trinajstić information content (AvgIpc) is 2.76. The second-order valence-electron chi connectivity index (χ2n) is 7.95. The summed E-state index contributed by atoms with van der Waals surface area (Å²) < 4.78 is 30.8. The van der Waals surface area contributed by atoms with Crippen molar-refractivity contribution in [3.8, 4) is 11.5 Å². The molecular formula is C22H25ClFN3O4. The van der Waals surface area contributed by atoms with Crippen LogP contribution < -0.4 is 25.0 Å². The average molecular weight is 450 g/mol. The van der Waals surface area contributed by atoms with Crippen molar-refractivity contribution in [2.24, 2.45) is 0 Å². The Bertz CT molecular complexity index is 979. The summed E-state index contributed by atoms with van der Waals surface area (Å²) in [5.41, 5.74) is 1.13. The van der Waals surface area contributed by atoms with Crippen LogP contribution in [0.2, 0.25) is 5.02 Å². The highest BCUT2D eigenvalue weighted by molar-refractivity contribution is 6.31. The summed E-state index contributed by atoms with van der Waals surface area (Å²) in [6, 6.07) is 7.88. The Morgan fingerprint density at radius 2 is 1.77 bits per heavy atom. The van der Waals surface area contributed by atoms with Crippen LogP contribution in [0.25, 0.3) is 0 Å². The van der Waals surface area contributed by atoms with E-state index >= 15 is 0 Å². The molecule has 4 rings (SSSR count). The Hall–Kier alpha value is -2.71. The van der Waals surface area contributed by atoms with Crippen molar-refractivity contribution >= 4 is 29.0 Å². The molecule has 0 unspecified atom stereocenters. The summed E-state index contributed by atoms with van der Waals surface area (Å²) in [6.07, 6.45) is 0. The van der Waals surface area contributed by atoms with Crippen LogP contribution in [0, 0.1) is 5.82 Å². The molecule has 2 aromatic rings. The maximum atomic E-state index is 14.2. The van der Waals surface area contributed by atoms with Crippen LogP contribution in [-0.4, -0.2) is 45.5 Å². The Labute approximate surface area is 185 Å². The molecule has 31 heavy (non-hydrogen) atoms. The molecule has 2 aliphatic rings. The van der Waals surface area contributed by atoms with Gasteiger partial charge >= 0.3 is 6.03 Å². The second kappa shape index (κ2) is 8.80. The summed E-state index contributed by atoms with van der Waals surface area (Å²) >= 11 is 6.00. The number of hydrogen-bond donors (Lipinski definition) is 2. The van der Waals surface area contributed by atoms with Crippen LogP contribution >= 0.6 is 11.6 Å². The van der Waals surface area contributed by atoms with Gasteiger partial charge in [-0.15, -0.1) is 0 Å². The molecule has 0 bridgehead atoms. The van der Waals surface area contributed by atoms with Crippen LogP contribution in [0.4, 0.5) is 20.6 Å². The maximum Gasteiger partial charge on any atom is 0.319 e. The highest BCUT2D eigenvalue weighted by atomic mass is 35.5. The quantitative estimate of drug-likeness (QED) is 0.733. The Balaban J connectivity index is 1.52. The lowest BCUT2D eigenvalue weighted by molar-refractivity contribution is 0.123. The minimum atomic E-state index is -0.718. The van der Waals surface area contributed by atoms with Gasteiger partial charge in [0.15, 0.2) is 11.5 Å². The SMILES string of the molecule is CC(C)(NC(=O)Nc1cc(F)c(Cl)cc1N1CCOCC1)c1ccc2c(c1)OCCO2. The fourth-order valence-corrected chi connectivity index (χ4v) is 3.80. The minimum Gasteiger partial charge on any atom is -0.486 e. The lowest BCUT2D eigenvalue weighted by Crippen LogP contribution is -2.44. The van der Waals surface area contributed by atoms with Crippen LogP contribution in [0.15, 0.2) is 30.3 Å². The van der Waals surface area contributed by atoms with Crippen molar-refractivity contribution in [1.82, 2.24) is 5.32 Å². The van der Waals surface area contributed by atoms with E-state index in [2.05, 4.69) is 10.6 Å². The Kier molecular flexibility index (Phi) is 6.11. The number of benzene rings is 2. The zero-order valence-corrected chi connectivity index (χ0v) is 18.2. The zero-order valence-electron chi connectivity index (χ0n) is 17.5. The van der Waals surface area contributed by atoms with Crippen molar-refractivity contribution in [3.63, 3.8) is 0 Å². The van der Waals surface area contributed by atoms with Crippen LogP contribution in [0.1, 0.15) is 19.4 Å². The minimum absolute atomic E-state index is 0.00376. The van der Waals surface area contributed by atoms with Gasteiger partial charge in [0, 0.05) is 19.2 Å². The first-order valence-electron chi connectivity index (χ1n) is 10.1. The summed E-state index contributed by atoms with van der Waals surface area (Å²) in [7, 11) is 0. The van der Waals surface area contributed by atoms with Gasteiger partial charge in [-0.05, 0) is 37.6 Å². The van der Waals surface area contributed by atoms with Gasteiger partial charge in [-0.25, -0.2) is 9.18 Å². The van der Waals surface area contributed by atoms with Crippen molar-refractivity contribution in [1.29, 1.82) is 0 Å². The van der Waals surface area contributed by atoms with E-state index in [1.54, 1.807) is 0 Å². The van der Waals surface area contributed by atoms with Gasteiger partial charge in [0.1, 0.15) is 19.0 Å².